The minimum absolute atomic E-state index is 0.0913. The Balaban J connectivity index is 1.46. The standard InChI is InChI=1S/C23H25N3O2S/c1-17(19-8-3-2-4-9-19)23(28)25-13-5-7-18(15-25)16-26-22(27)12-11-20(24-26)21-10-6-14-29-21/h2-4,6,8-12,14,17-18H,5,7,13,15-16H2,1H3/t17-,18+/m0/s1. The lowest BCUT2D eigenvalue weighted by molar-refractivity contribution is -0.134. The first-order valence-electron chi connectivity index (χ1n) is 10.1. The molecule has 5 nitrogen and oxygen atoms in total. The van der Waals surface area contributed by atoms with Crippen LogP contribution in [0.2, 0.25) is 0 Å². The van der Waals surface area contributed by atoms with Crippen LogP contribution in [-0.2, 0) is 11.3 Å². The summed E-state index contributed by atoms with van der Waals surface area (Å²) in [6.07, 6.45) is 1.96. The minimum Gasteiger partial charge on any atom is -0.342 e. The highest BCUT2D eigenvalue weighted by Crippen LogP contribution is 2.24. The summed E-state index contributed by atoms with van der Waals surface area (Å²) >= 11 is 1.61. The minimum atomic E-state index is -0.155. The van der Waals surface area contributed by atoms with E-state index in [0.717, 1.165) is 35.5 Å². The number of carbonyl (C=O) groups is 1. The molecule has 4 rings (SSSR count). The highest BCUT2D eigenvalue weighted by molar-refractivity contribution is 7.13. The van der Waals surface area contributed by atoms with E-state index in [0.29, 0.717) is 13.1 Å². The summed E-state index contributed by atoms with van der Waals surface area (Å²) in [5.74, 6) is 0.242. The molecule has 1 saturated heterocycles. The topological polar surface area (TPSA) is 55.2 Å². The van der Waals surface area contributed by atoms with Gasteiger partial charge in [-0.3, -0.25) is 9.59 Å². The Morgan fingerprint density at radius 3 is 2.76 bits per heavy atom. The van der Waals surface area contributed by atoms with Crippen molar-refractivity contribution in [3.8, 4) is 10.6 Å². The number of benzene rings is 1. The molecule has 0 saturated carbocycles. The van der Waals surface area contributed by atoms with Crippen LogP contribution in [0.4, 0.5) is 0 Å². The zero-order chi connectivity index (χ0) is 20.2. The van der Waals surface area contributed by atoms with Crippen molar-refractivity contribution in [2.24, 2.45) is 5.92 Å². The van der Waals surface area contributed by atoms with Crippen molar-refractivity contribution in [2.75, 3.05) is 13.1 Å². The summed E-state index contributed by atoms with van der Waals surface area (Å²) in [5.41, 5.74) is 1.77. The number of likely N-dealkylation sites (tertiary alicyclic amines) is 1. The number of hydrogen-bond acceptors (Lipinski definition) is 4. The van der Waals surface area contributed by atoms with Crippen molar-refractivity contribution in [3.05, 3.63) is 75.9 Å². The highest BCUT2D eigenvalue weighted by Gasteiger charge is 2.28. The van der Waals surface area contributed by atoms with Crippen LogP contribution < -0.4 is 5.56 Å². The van der Waals surface area contributed by atoms with Gasteiger partial charge in [-0.05, 0) is 48.8 Å². The highest BCUT2D eigenvalue weighted by atomic mass is 32.1. The predicted molar refractivity (Wildman–Crippen MR) is 116 cm³/mol. The van der Waals surface area contributed by atoms with Gasteiger partial charge in [-0.15, -0.1) is 11.3 Å². The van der Waals surface area contributed by atoms with Crippen LogP contribution in [0, 0.1) is 5.92 Å². The van der Waals surface area contributed by atoms with E-state index in [1.54, 1.807) is 28.2 Å². The van der Waals surface area contributed by atoms with E-state index in [-0.39, 0.29) is 23.3 Å². The quantitative estimate of drug-likeness (QED) is 0.642. The monoisotopic (exact) mass is 407 g/mol. The maximum atomic E-state index is 13.0. The zero-order valence-corrected chi connectivity index (χ0v) is 17.3. The molecule has 1 aliphatic rings. The van der Waals surface area contributed by atoms with E-state index in [9.17, 15) is 9.59 Å². The summed E-state index contributed by atoms with van der Waals surface area (Å²) in [6, 6.07) is 17.3. The van der Waals surface area contributed by atoms with E-state index < -0.39 is 0 Å². The second-order valence-electron chi connectivity index (χ2n) is 7.64. The molecule has 3 heterocycles. The number of carbonyl (C=O) groups excluding carboxylic acids is 1. The van der Waals surface area contributed by atoms with Gasteiger partial charge < -0.3 is 4.90 Å². The number of thiophene rings is 1. The first-order chi connectivity index (χ1) is 14.1. The van der Waals surface area contributed by atoms with Crippen LogP contribution in [0.15, 0.2) is 64.8 Å². The largest absolute Gasteiger partial charge is 0.342 e. The van der Waals surface area contributed by atoms with E-state index in [2.05, 4.69) is 5.10 Å². The number of hydrogen-bond donors (Lipinski definition) is 0. The zero-order valence-electron chi connectivity index (χ0n) is 16.5. The van der Waals surface area contributed by atoms with Crippen molar-refractivity contribution >= 4 is 17.2 Å². The van der Waals surface area contributed by atoms with Crippen molar-refractivity contribution in [3.63, 3.8) is 0 Å². The van der Waals surface area contributed by atoms with E-state index in [1.165, 1.54) is 0 Å². The van der Waals surface area contributed by atoms with Gasteiger partial charge in [0.25, 0.3) is 5.56 Å². The maximum absolute atomic E-state index is 13.0. The van der Waals surface area contributed by atoms with Crippen molar-refractivity contribution < 1.29 is 4.79 Å². The second-order valence-corrected chi connectivity index (χ2v) is 8.59. The Morgan fingerprint density at radius 2 is 2.00 bits per heavy atom. The molecular weight excluding hydrogens is 382 g/mol. The molecule has 0 spiro atoms. The molecule has 1 fully saturated rings. The van der Waals surface area contributed by atoms with Gasteiger partial charge in [0.2, 0.25) is 5.91 Å². The first kappa shape index (κ1) is 19.6. The summed E-state index contributed by atoms with van der Waals surface area (Å²) in [6.45, 7) is 3.97. The molecular formula is C23H25N3O2S. The molecule has 0 bridgehead atoms. The number of aromatic nitrogens is 2. The Kier molecular flexibility index (Phi) is 5.90. The Bertz CT molecular complexity index is 1010. The van der Waals surface area contributed by atoms with Crippen molar-refractivity contribution in [1.29, 1.82) is 0 Å². The van der Waals surface area contributed by atoms with Gasteiger partial charge >= 0.3 is 0 Å². The summed E-state index contributed by atoms with van der Waals surface area (Å²) in [5, 5.41) is 6.58. The number of nitrogens with zero attached hydrogens (tertiary/aromatic N) is 3. The lowest BCUT2D eigenvalue weighted by atomic mass is 9.94. The first-order valence-corrected chi connectivity index (χ1v) is 11.0. The molecule has 0 radical (unpaired) electrons. The van der Waals surface area contributed by atoms with Crippen molar-refractivity contribution in [1.82, 2.24) is 14.7 Å². The van der Waals surface area contributed by atoms with Gasteiger partial charge in [-0.1, -0.05) is 36.4 Å². The lowest BCUT2D eigenvalue weighted by Crippen LogP contribution is -2.43. The maximum Gasteiger partial charge on any atom is 0.266 e. The Labute approximate surface area is 174 Å². The van der Waals surface area contributed by atoms with E-state index >= 15 is 0 Å². The molecule has 150 valence electrons. The number of rotatable bonds is 5. The van der Waals surface area contributed by atoms with Crippen LogP contribution in [0.1, 0.15) is 31.2 Å². The average Bonchev–Trinajstić information content (AvgIpc) is 3.30. The molecule has 2 atom stereocenters. The molecule has 1 aromatic carbocycles. The fraction of sp³-hybridized carbons (Fsp3) is 0.348. The van der Waals surface area contributed by atoms with Crippen LogP contribution in [0.25, 0.3) is 10.6 Å². The number of piperidine rings is 1. The van der Waals surface area contributed by atoms with E-state index in [4.69, 9.17) is 0 Å². The Morgan fingerprint density at radius 1 is 1.17 bits per heavy atom. The molecule has 3 aromatic rings. The van der Waals surface area contributed by atoms with Gasteiger partial charge in [0.15, 0.2) is 0 Å². The molecule has 1 amide bonds. The molecule has 2 aromatic heterocycles. The second kappa shape index (κ2) is 8.74. The average molecular weight is 408 g/mol. The molecule has 0 unspecified atom stereocenters. The van der Waals surface area contributed by atoms with Gasteiger partial charge in [-0.25, -0.2) is 4.68 Å². The molecule has 6 heteroatoms. The predicted octanol–water partition coefficient (Wildman–Crippen LogP) is 4.01. The third-order valence-corrected chi connectivity index (χ3v) is 6.46. The summed E-state index contributed by atoms with van der Waals surface area (Å²) < 4.78 is 1.56. The van der Waals surface area contributed by atoms with Gasteiger partial charge in [0, 0.05) is 25.7 Å². The lowest BCUT2D eigenvalue weighted by Gasteiger charge is -2.34. The molecule has 29 heavy (non-hydrogen) atoms. The third kappa shape index (κ3) is 4.48. The van der Waals surface area contributed by atoms with E-state index in [1.807, 2.05) is 59.7 Å². The Hall–Kier alpha value is -2.73. The molecule has 0 N–H and O–H groups in total. The number of amides is 1. The van der Waals surface area contributed by atoms with Crippen molar-refractivity contribution in [2.45, 2.75) is 32.2 Å². The smallest absolute Gasteiger partial charge is 0.266 e. The third-order valence-electron chi connectivity index (χ3n) is 5.57. The van der Waals surface area contributed by atoms with Crippen LogP contribution in [0.5, 0.6) is 0 Å². The SMILES string of the molecule is C[C@H](C(=O)N1CCC[C@@H](Cn2nc(-c3cccs3)ccc2=O)C1)c1ccccc1. The fourth-order valence-electron chi connectivity index (χ4n) is 3.95. The van der Waals surface area contributed by atoms with Crippen LogP contribution >= 0.6 is 11.3 Å². The summed E-state index contributed by atoms with van der Waals surface area (Å²) in [7, 11) is 0. The molecule has 0 aliphatic carbocycles. The molecule has 1 aliphatic heterocycles. The van der Waals surface area contributed by atoms with Crippen LogP contribution in [0.3, 0.4) is 0 Å². The fourth-order valence-corrected chi connectivity index (χ4v) is 4.64. The van der Waals surface area contributed by atoms with Crippen LogP contribution in [-0.4, -0.2) is 33.7 Å². The van der Waals surface area contributed by atoms with Gasteiger partial charge in [0.1, 0.15) is 5.69 Å². The normalized spacial score (nSPS) is 17.8. The summed E-state index contributed by atoms with van der Waals surface area (Å²) in [4.78, 5) is 28.4. The van der Waals surface area contributed by atoms with Gasteiger partial charge in [0.05, 0.1) is 10.8 Å². The van der Waals surface area contributed by atoms with Gasteiger partial charge in [-0.2, -0.15) is 5.10 Å².